The fraction of sp³-hybridized carbons (Fsp3) is 0.353. The second-order valence-corrected chi connectivity index (χ2v) is 5.88. The molecule has 0 unspecified atom stereocenters. The zero-order valence-electron chi connectivity index (χ0n) is 12.9. The molecule has 0 spiro atoms. The average Bonchev–Trinajstić information content (AvgIpc) is 3.33. The zero-order chi connectivity index (χ0) is 15.5. The van der Waals surface area contributed by atoms with Crippen LogP contribution in [-0.4, -0.2) is 37.4 Å². The van der Waals surface area contributed by atoms with E-state index in [-0.39, 0.29) is 0 Å². The van der Waals surface area contributed by atoms with Gasteiger partial charge < -0.3 is 4.52 Å². The molecule has 0 aliphatic carbocycles. The van der Waals surface area contributed by atoms with Crippen molar-refractivity contribution < 1.29 is 4.52 Å². The van der Waals surface area contributed by atoms with E-state index in [9.17, 15) is 0 Å². The molecule has 3 aromatic rings. The third-order valence-electron chi connectivity index (χ3n) is 4.29. The number of benzene rings is 1. The lowest BCUT2D eigenvalue weighted by atomic mass is 10.2. The van der Waals surface area contributed by atoms with Crippen molar-refractivity contribution in [2.75, 3.05) is 6.54 Å². The van der Waals surface area contributed by atoms with Crippen molar-refractivity contribution in [3.05, 3.63) is 54.6 Å². The van der Waals surface area contributed by atoms with Crippen molar-refractivity contribution >= 4 is 0 Å². The van der Waals surface area contributed by atoms with Gasteiger partial charge in [0.05, 0.1) is 13.1 Å². The number of aromatic nitrogens is 4. The van der Waals surface area contributed by atoms with Gasteiger partial charge in [0.1, 0.15) is 0 Å². The molecule has 1 fully saturated rings. The molecule has 4 rings (SSSR count). The maximum atomic E-state index is 5.40. The molecule has 1 aromatic carbocycles. The van der Waals surface area contributed by atoms with Crippen molar-refractivity contribution in [2.45, 2.75) is 32.0 Å². The first kappa shape index (κ1) is 14.1. The van der Waals surface area contributed by atoms with Gasteiger partial charge in [0.15, 0.2) is 5.82 Å². The van der Waals surface area contributed by atoms with Crippen molar-refractivity contribution in [1.29, 1.82) is 0 Å². The van der Waals surface area contributed by atoms with E-state index in [1.54, 1.807) is 0 Å². The van der Waals surface area contributed by atoms with E-state index >= 15 is 0 Å². The predicted molar refractivity (Wildman–Crippen MR) is 85.4 cm³/mol. The minimum Gasteiger partial charge on any atom is -0.334 e. The van der Waals surface area contributed by atoms with Crippen molar-refractivity contribution in [2.24, 2.45) is 0 Å². The van der Waals surface area contributed by atoms with Crippen LogP contribution in [0.15, 0.2) is 53.3 Å². The minimum atomic E-state index is 0.480. The lowest BCUT2D eigenvalue weighted by Crippen LogP contribution is -2.33. The normalized spacial score (nSPS) is 18.5. The molecule has 0 bridgehead atoms. The van der Waals surface area contributed by atoms with Gasteiger partial charge in [-0.15, -0.1) is 0 Å². The first-order chi connectivity index (χ1) is 11.4. The van der Waals surface area contributed by atoms with Gasteiger partial charge in [0.2, 0.25) is 0 Å². The molecule has 1 aliphatic rings. The lowest BCUT2D eigenvalue weighted by Gasteiger charge is -2.22. The highest BCUT2D eigenvalue weighted by atomic mass is 16.5. The van der Waals surface area contributed by atoms with Crippen molar-refractivity contribution in [3.8, 4) is 11.5 Å². The van der Waals surface area contributed by atoms with Gasteiger partial charge in [-0.3, -0.25) is 9.58 Å². The first-order valence-corrected chi connectivity index (χ1v) is 7.98. The molecule has 118 valence electrons. The Balaban J connectivity index is 1.44. The molecule has 0 N–H and O–H groups in total. The Bertz CT molecular complexity index is 737. The van der Waals surface area contributed by atoms with Crippen LogP contribution in [0.1, 0.15) is 18.7 Å². The Hall–Kier alpha value is -2.47. The largest absolute Gasteiger partial charge is 0.334 e. The lowest BCUT2D eigenvalue weighted by molar-refractivity contribution is 0.211. The van der Waals surface area contributed by atoms with Crippen LogP contribution >= 0.6 is 0 Å². The minimum absolute atomic E-state index is 0.480. The van der Waals surface area contributed by atoms with Gasteiger partial charge in [-0.2, -0.15) is 10.1 Å². The van der Waals surface area contributed by atoms with Crippen LogP contribution in [0.5, 0.6) is 0 Å². The second-order valence-electron chi connectivity index (χ2n) is 5.88. The molecule has 1 atom stereocenters. The highest BCUT2D eigenvalue weighted by Crippen LogP contribution is 2.22. The second kappa shape index (κ2) is 6.34. The monoisotopic (exact) mass is 309 g/mol. The number of nitrogens with zero attached hydrogens (tertiary/aromatic N) is 5. The van der Waals surface area contributed by atoms with Crippen LogP contribution in [0.25, 0.3) is 11.5 Å². The van der Waals surface area contributed by atoms with E-state index in [2.05, 4.69) is 20.1 Å². The fourth-order valence-corrected chi connectivity index (χ4v) is 3.13. The van der Waals surface area contributed by atoms with Crippen LogP contribution in [0, 0.1) is 0 Å². The van der Waals surface area contributed by atoms with E-state index in [1.165, 1.54) is 12.8 Å². The molecule has 6 heteroatoms. The van der Waals surface area contributed by atoms with Gasteiger partial charge in [-0.25, -0.2) is 0 Å². The van der Waals surface area contributed by atoms with E-state index in [0.717, 1.165) is 31.0 Å². The van der Waals surface area contributed by atoms with Gasteiger partial charge in [0.25, 0.3) is 5.89 Å². The van der Waals surface area contributed by atoms with Gasteiger partial charge >= 0.3 is 0 Å². The SMILES string of the molecule is c1ccc(-c2nc(CN3CCC[C@H]3Cn3cccn3)no2)cc1. The third-order valence-corrected chi connectivity index (χ3v) is 4.29. The molecule has 2 aromatic heterocycles. The summed E-state index contributed by atoms with van der Waals surface area (Å²) in [5.41, 5.74) is 0.959. The Morgan fingerprint density at radius 1 is 1.17 bits per heavy atom. The summed E-state index contributed by atoms with van der Waals surface area (Å²) in [6.07, 6.45) is 6.22. The van der Waals surface area contributed by atoms with Gasteiger partial charge in [-0.1, -0.05) is 23.4 Å². The first-order valence-electron chi connectivity index (χ1n) is 7.98. The summed E-state index contributed by atoms with van der Waals surface area (Å²) in [4.78, 5) is 6.95. The summed E-state index contributed by atoms with van der Waals surface area (Å²) in [5, 5.41) is 8.44. The predicted octanol–water partition coefficient (Wildman–Crippen LogP) is 2.60. The van der Waals surface area contributed by atoms with Crippen molar-refractivity contribution in [1.82, 2.24) is 24.8 Å². The van der Waals surface area contributed by atoms with Crippen LogP contribution in [-0.2, 0) is 13.1 Å². The molecular weight excluding hydrogens is 290 g/mol. The molecule has 6 nitrogen and oxygen atoms in total. The third kappa shape index (κ3) is 3.17. The fourth-order valence-electron chi connectivity index (χ4n) is 3.13. The summed E-state index contributed by atoms with van der Waals surface area (Å²) in [6, 6.07) is 12.3. The topological polar surface area (TPSA) is 60.0 Å². The quantitative estimate of drug-likeness (QED) is 0.725. The highest BCUT2D eigenvalue weighted by Gasteiger charge is 2.26. The van der Waals surface area contributed by atoms with Crippen LogP contribution in [0.2, 0.25) is 0 Å². The summed E-state index contributed by atoms with van der Waals surface area (Å²) >= 11 is 0. The van der Waals surface area contributed by atoms with E-state index in [1.807, 2.05) is 53.5 Å². The Morgan fingerprint density at radius 3 is 2.91 bits per heavy atom. The molecule has 1 aliphatic heterocycles. The summed E-state index contributed by atoms with van der Waals surface area (Å²) in [5.74, 6) is 1.33. The van der Waals surface area contributed by atoms with Crippen molar-refractivity contribution in [3.63, 3.8) is 0 Å². The van der Waals surface area contributed by atoms with Gasteiger partial charge in [-0.05, 0) is 37.6 Å². The molecule has 0 radical (unpaired) electrons. The average molecular weight is 309 g/mol. The zero-order valence-corrected chi connectivity index (χ0v) is 12.9. The summed E-state index contributed by atoms with van der Waals surface area (Å²) in [7, 11) is 0. The molecule has 23 heavy (non-hydrogen) atoms. The van der Waals surface area contributed by atoms with Crippen LogP contribution in [0.4, 0.5) is 0 Å². The Kier molecular flexibility index (Phi) is 3.90. The number of hydrogen-bond donors (Lipinski definition) is 0. The molecule has 1 saturated heterocycles. The Morgan fingerprint density at radius 2 is 2.09 bits per heavy atom. The highest BCUT2D eigenvalue weighted by molar-refractivity contribution is 5.51. The number of hydrogen-bond acceptors (Lipinski definition) is 5. The number of rotatable bonds is 5. The smallest absolute Gasteiger partial charge is 0.257 e. The summed E-state index contributed by atoms with van der Waals surface area (Å²) < 4.78 is 7.39. The molecule has 0 amide bonds. The van der Waals surface area contributed by atoms with Gasteiger partial charge in [0, 0.05) is 24.0 Å². The standard InChI is InChI=1S/C17H19N5O/c1-2-6-14(7-3-1)17-19-16(20-23-17)13-21-10-4-8-15(21)12-22-11-5-9-18-22/h1-3,5-7,9,11,15H,4,8,10,12-13H2/t15-/m0/s1. The molecule has 0 saturated carbocycles. The molecule has 3 heterocycles. The van der Waals surface area contributed by atoms with Crippen LogP contribution < -0.4 is 0 Å². The summed E-state index contributed by atoms with van der Waals surface area (Å²) in [6.45, 7) is 2.71. The van der Waals surface area contributed by atoms with Crippen LogP contribution in [0.3, 0.4) is 0 Å². The molecular formula is C17H19N5O. The van der Waals surface area contributed by atoms with E-state index < -0.39 is 0 Å². The Labute approximate surface area is 134 Å². The maximum absolute atomic E-state index is 5.40. The van der Waals surface area contributed by atoms with E-state index in [4.69, 9.17) is 4.52 Å². The van der Waals surface area contributed by atoms with E-state index in [0.29, 0.717) is 11.9 Å². The number of likely N-dealkylation sites (tertiary alicyclic amines) is 1. The maximum Gasteiger partial charge on any atom is 0.257 e.